The lowest BCUT2D eigenvalue weighted by molar-refractivity contribution is 0.0991. The molecule has 0 fully saturated rings. The molecule has 0 bridgehead atoms. The average molecular weight is 176 g/mol. The highest BCUT2D eigenvalue weighted by molar-refractivity contribution is 8.00. The van der Waals surface area contributed by atoms with Gasteiger partial charge in [0.05, 0.1) is 6.61 Å². The van der Waals surface area contributed by atoms with Gasteiger partial charge in [-0.2, -0.15) is 0 Å². The second-order valence-electron chi connectivity index (χ2n) is 2.77. The van der Waals surface area contributed by atoms with E-state index in [1.807, 2.05) is 0 Å². The van der Waals surface area contributed by atoms with Crippen molar-refractivity contribution in [1.82, 2.24) is 0 Å². The summed E-state index contributed by atoms with van der Waals surface area (Å²) < 4.78 is 4.78. The van der Waals surface area contributed by atoms with E-state index in [-0.39, 0.29) is 0 Å². The first kappa shape index (κ1) is 8.50. The Labute approximate surface area is 72.7 Å². The lowest BCUT2D eigenvalue weighted by atomic mass is 10.1. The SMILES string of the molecule is CC1=C(C)CC(S)(S)OC1. The zero-order valence-corrected chi connectivity index (χ0v) is 8.01. The fourth-order valence-electron chi connectivity index (χ4n) is 0.894. The minimum Gasteiger partial charge on any atom is -0.351 e. The predicted octanol–water partition coefficient (Wildman–Crippen LogP) is 2.26. The third-order valence-corrected chi connectivity index (χ3v) is 2.32. The molecule has 1 rings (SSSR count). The first-order valence-electron chi connectivity index (χ1n) is 3.25. The topological polar surface area (TPSA) is 9.23 Å². The van der Waals surface area contributed by atoms with E-state index in [1.165, 1.54) is 11.1 Å². The van der Waals surface area contributed by atoms with Crippen LogP contribution in [-0.4, -0.2) is 10.9 Å². The van der Waals surface area contributed by atoms with E-state index in [2.05, 4.69) is 39.1 Å². The van der Waals surface area contributed by atoms with Crippen LogP contribution in [0.5, 0.6) is 0 Å². The Hall–Kier alpha value is 0.400. The van der Waals surface area contributed by atoms with Gasteiger partial charge in [0.15, 0.2) is 4.27 Å². The fraction of sp³-hybridized carbons (Fsp3) is 0.714. The summed E-state index contributed by atoms with van der Waals surface area (Å²) in [5.74, 6) is 0. The number of rotatable bonds is 0. The van der Waals surface area contributed by atoms with E-state index in [4.69, 9.17) is 4.74 Å². The van der Waals surface area contributed by atoms with Gasteiger partial charge in [-0.05, 0) is 19.4 Å². The van der Waals surface area contributed by atoms with Gasteiger partial charge in [0.25, 0.3) is 0 Å². The molecule has 0 aromatic carbocycles. The summed E-state index contributed by atoms with van der Waals surface area (Å²) >= 11 is 8.45. The highest BCUT2D eigenvalue weighted by atomic mass is 32.2. The van der Waals surface area contributed by atoms with Gasteiger partial charge in [-0.3, -0.25) is 0 Å². The molecule has 0 aromatic heterocycles. The van der Waals surface area contributed by atoms with Crippen molar-refractivity contribution in [2.75, 3.05) is 6.61 Å². The number of hydrogen-bond donors (Lipinski definition) is 2. The van der Waals surface area contributed by atoms with Crippen molar-refractivity contribution in [3.8, 4) is 0 Å². The molecule has 10 heavy (non-hydrogen) atoms. The van der Waals surface area contributed by atoms with Crippen molar-refractivity contribution in [2.45, 2.75) is 24.5 Å². The predicted molar refractivity (Wildman–Crippen MR) is 49.6 cm³/mol. The van der Waals surface area contributed by atoms with Crippen LogP contribution in [0.1, 0.15) is 20.3 Å². The van der Waals surface area contributed by atoms with Gasteiger partial charge in [0.1, 0.15) is 0 Å². The molecule has 0 amide bonds. The highest BCUT2D eigenvalue weighted by Crippen LogP contribution is 2.34. The molecule has 0 saturated heterocycles. The van der Waals surface area contributed by atoms with Crippen LogP contribution in [0.3, 0.4) is 0 Å². The molecule has 3 heteroatoms. The molecule has 0 unspecified atom stereocenters. The van der Waals surface area contributed by atoms with E-state index in [0.717, 1.165) is 6.42 Å². The van der Waals surface area contributed by atoms with E-state index in [0.29, 0.717) is 6.61 Å². The summed E-state index contributed by atoms with van der Waals surface area (Å²) in [5.41, 5.74) is 2.65. The molecule has 1 heterocycles. The minimum atomic E-state index is -0.538. The summed E-state index contributed by atoms with van der Waals surface area (Å²) in [6, 6.07) is 0. The Kier molecular flexibility index (Phi) is 2.38. The van der Waals surface area contributed by atoms with Gasteiger partial charge in [-0.25, -0.2) is 0 Å². The largest absolute Gasteiger partial charge is 0.351 e. The molecule has 0 radical (unpaired) electrons. The first-order valence-corrected chi connectivity index (χ1v) is 4.15. The molecule has 0 spiro atoms. The molecule has 1 aliphatic heterocycles. The Morgan fingerprint density at radius 3 is 2.30 bits per heavy atom. The lowest BCUT2D eigenvalue weighted by Gasteiger charge is -2.29. The molecule has 58 valence electrons. The number of thiol groups is 2. The van der Waals surface area contributed by atoms with Gasteiger partial charge in [-0.1, -0.05) is 5.57 Å². The van der Waals surface area contributed by atoms with Crippen LogP contribution in [-0.2, 0) is 4.74 Å². The standard InChI is InChI=1S/C7H12OS2/c1-5-3-7(9,10)8-4-6(5)2/h9-10H,3-4H2,1-2H3. The number of hydrogen-bond acceptors (Lipinski definition) is 3. The summed E-state index contributed by atoms with van der Waals surface area (Å²) in [5, 5.41) is 0. The van der Waals surface area contributed by atoms with E-state index < -0.39 is 4.27 Å². The smallest absolute Gasteiger partial charge is 0.159 e. The Bertz CT molecular complexity index is 172. The minimum absolute atomic E-state index is 0.538. The molecule has 0 atom stereocenters. The van der Waals surface area contributed by atoms with Gasteiger partial charge in [0, 0.05) is 6.42 Å². The number of ether oxygens (including phenoxy) is 1. The second-order valence-corrected chi connectivity index (χ2v) is 4.57. The normalized spacial score (nSPS) is 25.2. The van der Waals surface area contributed by atoms with Crippen molar-refractivity contribution >= 4 is 25.3 Å². The third-order valence-electron chi connectivity index (χ3n) is 1.74. The summed E-state index contributed by atoms with van der Waals surface area (Å²) in [7, 11) is 0. The van der Waals surface area contributed by atoms with E-state index >= 15 is 0 Å². The highest BCUT2D eigenvalue weighted by Gasteiger charge is 2.26. The van der Waals surface area contributed by atoms with Gasteiger partial charge in [0.2, 0.25) is 0 Å². The van der Waals surface area contributed by atoms with Crippen LogP contribution >= 0.6 is 25.3 Å². The summed E-state index contributed by atoms with van der Waals surface area (Å²) in [6.45, 7) is 4.84. The lowest BCUT2D eigenvalue weighted by Crippen LogP contribution is -2.24. The average Bonchev–Trinajstić information content (AvgIpc) is 1.79. The first-order chi connectivity index (χ1) is 4.51. The van der Waals surface area contributed by atoms with Crippen molar-refractivity contribution in [3.05, 3.63) is 11.1 Å². The van der Waals surface area contributed by atoms with E-state index in [9.17, 15) is 0 Å². The van der Waals surface area contributed by atoms with Crippen LogP contribution in [0.4, 0.5) is 0 Å². The van der Waals surface area contributed by atoms with Crippen molar-refractivity contribution in [2.24, 2.45) is 0 Å². The monoisotopic (exact) mass is 176 g/mol. The van der Waals surface area contributed by atoms with Crippen LogP contribution in [0.25, 0.3) is 0 Å². The third kappa shape index (κ3) is 1.94. The van der Waals surface area contributed by atoms with Crippen LogP contribution in [0.15, 0.2) is 11.1 Å². The zero-order chi connectivity index (χ0) is 7.78. The molecular formula is C7H12OS2. The second kappa shape index (κ2) is 2.80. The maximum absolute atomic E-state index is 5.32. The van der Waals surface area contributed by atoms with Gasteiger partial charge >= 0.3 is 0 Å². The molecule has 0 aliphatic carbocycles. The molecule has 1 nitrogen and oxygen atoms in total. The molecule has 1 aliphatic rings. The molecule has 0 saturated carbocycles. The van der Waals surface area contributed by atoms with Crippen molar-refractivity contribution in [1.29, 1.82) is 0 Å². The quantitative estimate of drug-likeness (QED) is 0.327. The van der Waals surface area contributed by atoms with Crippen LogP contribution in [0.2, 0.25) is 0 Å². The van der Waals surface area contributed by atoms with Gasteiger partial charge in [-0.15, -0.1) is 25.3 Å². The fourth-order valence-corrected chi connectivity index (χ4v) is 1.50. The van der Waals surface area contributed by atoms with Crippen LogP contribution < -0.4 is 0 Å². The Balaban J connectivity index is 2.72. The maximum atomic E-state index is 5.32. The van der Waals surface area contributed by atoms with Crippen molar-refractivity contribution < 1.29 is 4.74 Å². The maximum Gasteiger partial charge on any atom is 0.159 e. The van der Waals surface area contributed by atoms with Crippen molar-refractivity contribution in [3.63, 3.8) is 0 Å². The molecule has 0 aromatic rings. The van der Waals surface area contributed by atoms with Gasteiger partial charge < -0.3 is 4.74 Å². The zero-order valence-electron chi connectivity index (χ0n) is 6.22. The Morgan fingerprint density at radius 1 is 1.30 bits per heavy atom. The van der Waals surface area contributed by atoms with Crippen LogP contribution in [0, 0.1) is 0 Å². The summed E-state index contributed by atoms with van der Waals surface area (Å²) in [4.78, 5) is 0. The molecular weight excluding hydrogens is 164 g/mol. The molecule has 0 N–H and O–H groups in total. The Morgan fingerprint density at radius 2 is 1.90 bits per heavy atom. The summed E-state index contributed by atoms with van der Waals surface area (Å²) in [6.07, 6.45) is 0.811. The van der Waals surface area contributed by atoms with E-state index in [1.54, 1.807) is 0 Å².